The monoisotopic (exact) mass is 443 g/mol. The minimum atomic E-state index is -1.13. The zero-order valence-corrected chi connectivity index (χ0v) is 18.0. The molecule has 158 valence electrons. The molecule has 1 aromatic rings. The lowest BCUT2D eigenvalue weighted by Gasteiger charge is -2.46. The maximum absolute atomic E-state index is 14.7. The second-order valence-corrected chi connectivity index (χ2v) is 9.52. The van der Waals surface area contributed by atoms with Crippen molar-refractivity contribution in [3.63, 3.8) is 0 Å². The lowest BCUT2D eigenvalue weighted by atomic mass is 9.75. The predicted octanol–water partition coefficient (Wildman–Crippen LogP) is 3.48. The van der Waals surface area contributed by atoms with Crippen molar-refractivity contribution < 1.29 is 23.0 Å². The topological polar surface area (TPSA) is 85.9 Å². The van der Waals surface area contributed by atoms with E-state index >= 15 is 0 Å². The van der Waals surface area contributed by atoms with E-state index in [0.717, 1.165) is 6.07 Å². The molecular weight excluding hydrogens is 420 g/mol. The molecule has 3 atom stereocenters. The Balaban J connectivity index is 1.97. The Hall–Kier alpha value is -1.78. The smallest absolute Gasteiger partial charge is 0.413 e. The number of ether oxygens (including phenoxy) is 2. The summed E-state index contributed by atoms with van der Waals surface area (Å²) in [4.78, 5) is 17.0. The summed E-state index contributed by atoms with van der Waals surface area (Å²) in [5.41, 5.74) is 4.14. The molecule has 2 aliphatic heterocycles. The lowest BCUT2D eigenvalue weighted by molar-refractivity contribution is -0.0249. The molecule has 3 N–H and O–H groups in total. The van der Waals surface area contributed by atoms with E-state index in [1.54, 1.807) is 20.8 Å². The fourth-order valence-electron chi connectivity index (χ4n) is 3.44. The number of aliphatic imine (C=N–C) groups is 1. The van der Waals surface area contributed by atoms with Crippen LogP contribution in [0.3, 0.4) is 0 Å². The third-order valence-electron chi connectivity index (χ3n) is 4.72. The zero-order valence-electron chi connectivity index (χ0n) is 16.3. The number of alkyl carbamates (subject to hydrolysis) is 1. The van der Waals surface area contributed by atoms with E-state index < -0.39 is 35.0 Å². The number of fused-ring (bicyclic) bond motifs is 1. The van der Waals surface area contributed by atoms with Gasteiger partial charge in [-0.2, -0.15) is 0 Å². The van der Waals surface area contributed by atoms with Gasteiger partial charge in [-0.25, -0.2) is 18.6 Å². The minimum absolute atomic E-state index is 0.00227. The number of hydrogen-bond acceptors (Lipinski definition) is 6. The van der Waals surface area contributed by atoms with Crippen molar-refractivity contribution >= 4 is 40.2 Å². The summed E-state index contributed by atoms with van der Waals surface area (Å²) in [6.45, 7) is 5.25. The summed E-state index contributed by atoms with van der Waals surface area (Å²) >= 11 is 6.37. The van der Waals surface area contributed by atoms with Crippen LogP contribution in [0.2, 0.25) is 0 Å². The van der Waals surface area contributed by atoms with Crippen LogP contribution < -0.4 is 11.1 Å². The molecule has 1 amide bonds. The number of nitrogens with one attached hydrogen (secondary N) is 1. The fourth-order valence-corrected chi connectivity index (χ4v) is 4.76. The number of carbonyl (C=O) groups excluding carboxylic acids is 1. The van der Waals surface area contributed by atoms with Gasteiger partial charge >= 0.3 is 6.09 Å². The van der Waals surface area contributed by atoms with Crippen molar-refractivity contribution in [3.8, 4) is 0 Å². The standard InChI is InChI=1S/C19H23F2N3O3S2/c1-18(2,3)27-17(25)23-16-24-19(12-5-4-11(20)7-13(12)21)9-26-14(15(22)28)6-10(19)8-29-16/h4-5,7,10,14H,6,8-9H2,1-3H3,(H2,22,28)(H,23,24,25). The van der Waals surface area contributed by atoms with E-state index in [2.05, 4.69) is 10.3 Å². The largest absolute Gasteiger partial charge is 0.444 e. The highest BCUT2D eigenvalue weighted by atomic mass is 32.2. The van der Waals surface area contributed by atoms with Crippen LogP contribution >= 0.6 is 24.0 Å². The predicted molar refractivity (Wildman–Crippen MR) is 112 cm³/mol. The molecule has 3 unspecified atom stereocenters. The SMILES string of the molecule is CC(C)(C)OC(=O)NC1=NC2(c3ccc(F)cc3F)COC(C(N)=S)CC2CS1. The van der Waals surface area contributed by atoms with Crippen LogP contribution in [0.15, 0.2) is 23.2 Å². The second-order valence-electron chi connectivity index (χ2n) is 8.04. The Morgan fingerprint density at radius 3 is 2.79 bits per heavy atom. The van der Waals surface area contributed by atoms with Gasteiger partial charge in [0.2, 0.25) is 0 Å². The normalized spacial score (nSPS) is 26.9. The van der Waals surface area contributed by atoms with E-state index in [1.165, 1.54) is 23.9 Å². The summed E-state index contributed by atoms with van der Waals surface area (Å²) in [7, 11) is 0. The molecule has 0 bridgehead atoms. The number of amidine groups is 1. The second kappa shape index (κ2) is 8.16. The summed E-state index contributed by atoms with van der Waals surface area (Å²) in [6.07, 6.45) is -0.653. The van der Waals surface area contributed by atoms with Crippen LogP contribution in [0, 0.1) is 17.6 Å². The molecule has 0 saturated carbocycles. The van der Waals surface area contributed by atoms with Gasteiger partial charge in [0.15, 0.2) is 5.17 Å². The van der Waals surface area contributed by atoms with Crippen molar-refractivity contribution in [2.45, 2.75) is 44.4 Å². The maximum Gasteiger partial charge on any atom is 0.413 e. The van der Waals surface area contributed by atoms with Gasteiger partial charge in [-0.3, -0.25) is 5.32 Å². The highest BCUT2D eigenvalue weighted by Crippen LogP contribution is 2.47. The Kier molecular flexibility index (Phi) is 6.16. The van der Waals surface area contributed by atoms with E-state index in [9.17, 15) is 13.6 Å². The summed E-state index contributed by atoms with van der Waals surface area (Å²) < 4.78 is 39.3. The van der Waals surface area contributed by atoms with E-state index in [0.29, 0.717) is 12.2 Å². The number of hydrogen-bond donors (Lipinski definition) is 2. The van der Waals surface area contributed by atoms with Gasteiger partial charge in [0.05, 0.1) is 6.61 Å². The van der Waals surface area contributed by atoms with Crippen molar-refractivity contribution in [1.29, 1.82) is 0 Å². The van der Waals surface area contributed by atoms with Gasteiger partial charge in [-0.15, -0.1) is 0 Å². The number of amides is 1. The minimum Gasteiger partial charge on any atom is -0.444 e. The summed E-state index contributed by atoms with van der Waals surface area (Å²) in [5.74, 6) is -1.05. The molecule has 1 fully saturated rings. The van der Waals surface area contributed by atoms with Gasteiger partial charge in [0, 0.05) is 23.3 Å². The first-order valence-corrected chi connectivity index (χ1v) is 10.5. The van der Waals surface area contributed by atoms with Crippen LogP contribution in [-0.4, -0.2) is 40.3 Å². The van der Waals surface area contributed by atoms with Crippen LogP contribution in [0.25, 0.3) is 0 Å². The number of halogens is 2. The van der Waals surface area contributed by atoms with Gasteiger partial charge in [-0.05, 0) is 33.3 Å². The van der Waals surface area contributed by atoms with Gasteiger partial charge in [0.1, 0.15) is 33.9 Å². The van der Waals surface area contributed by atoms with Crippen LogP contribution in [-0.2, 0) is 15.0 Å². The van der Waals surface area contributed by atoms with Crippen LogP contribution in [0.5, 0.6) is 0 Å². The third-order valence-corrected chi connectivity index (χ3v) is 6.02. The lowest BCUT2D eigenvalue weighted by Crippen LogP contribution is -2.53. The Morgan fingerprint density at radius 1 is 1.45 bits per heavy atom. The fraction of sp³-hybridized carbons (Fsp3) is 0.526. The van der Waals surface area contributed by atoms with Crippen molar-refractivity contribution in [2.24, 2.45) is 16.6 Å². The van der Waals surface area contributed by atoms with Crippen molar-refractivity contribution in [2.75, 3.05) is 12.4 Å². The number of nitrogens with zero attached hydrogens (tertiary/aromatic N) is 1. The van der Waals surface area contributed by atoms with Gasteiger partial charge in [-0.1, -0.05) is 30.0 Å². The zero-order chi connectivity index (χ0) is 21.4. The first-order chi connectivity index (χ1) is 13.5. The number of benzene rings is 1. The first-order valence-electron chi connectivity index (χ1n) is 9.09. The number of thioether (sulfide) groups is 1. The Bertz CT molecular complexity index is 860. The molecule has 3 rings (SSSR count). The highest BCUT2D eigenvalue weighted by molar-refractivity contribution is 8.13. The molecule has 6 nitrogen and oxygen atoms in total. The van der Waals surface area contributed by atoms with Gasteiger partial charge in [0.25, 0.3) is 0 Å². The molecule has 0 radical (unpaired) electrons. The molecule has 2 heterocycles. The number of carbonyl (C=O) groups is 1. The number of rotatable bonds is 2. The number of thiocarbonyl (C=S) groups is 1. The quantitative estimate of drug-likeness (QED) is 0.681. The number of nitrogens with two attached hydrogens (primary N) is 1. The first kappa shape index (κ1) is 21.9. The van der Waals surface area contributed by atoms with Crippen LogP contribution in [0.4, 0.5) is 13.6 Å². The summed E-state index contributed by atoms with van der Waals surface area (Å²) in [6, 6.07) is 3.37. The Morgan fingerprint density at radius 2 is 2.17 bits per heavy atom. The van der Waals surface area contributed by atoms with Crippen LogP contribution in [0.1, 0.15) is 32.8 Å². The van der Waals surface area contributed by atoms with Crippen molar-refractivity contribution in [3.05, 3.63) is 35.4 Å². The molecule has 1 saturated heterocycles. The van der Waals surface area contributed by atoms with E-state index in [1.807, 2.05) is 0 Å². The van der Waals surface area contributed by atoms with Gasteiger partial charge < -0.3 is 15.2 Å². The molecule has 0 spiro atoms. The van der Waals surface area contributed by atoms with Crippen molar-refractivity contribution in [1.82, 2.24) is 5.32 Å². The van der Waals surface area contributed by atoms with E-state index in [4.69, 9.17) is 27.4 Å². The summed E-state index contributed by atoms with van der Waals surface area (Å²) in [5, 5.41) is 2.91. The molecule has 1 aromatic carbocycles. The molecule has 0 aliphatic carbocycles. The third kappa shape index (κ3) is 4.87. The maximum atomic E-state index is 14.7. The molecule has 29 heavy (non-hydrogen) atoms. The average molecular weight is 444 g/mol. The molecule has 10 heteroatoms. The molecular formula is C19H23F2N3O3S2. The molecule has 0 aromatic heterocycles. The highest BCUT2D eigenvalue weighted by Gasteiger charge is 2.50. The Labute approximate surface area is 177 Å². The van der Waals surface area contributed by atoms with E-state index in [-0.39, 0.29) is 28.2 Å². The molecule has 2 aliphatic rings. The average Bonchev–Trinajstić information content (AvgIpc) is 2.59.